The van der Waals surface area contributed by atoms with E-state index < -0.39 is 14.9 Å². The summed E-state index contributed by atoms with van der Waals surface area (Å²) >= 11 is 3.31. The van der Waals surface area contributed by atoms with E-state index in [-0.39, 0.29) is 16.3 Å². The van der Waals surface area contributed by atoms with Gasteiger partial charge in [-0.1, -0.05) is 18.2 Å². The molecule has 0 spiro atoms. The average molecular weight is 408 g/mol. The minimum atomic E-state index is -3.94. The number of non-ortho nitro benzene ring substituents is 1. The van der Waals surface area contributed by atoms with E-state index in [0.29, 0.717) is 15.2 Å². The third kappa shape index (κ3) is 3.08. The van der Waals surface area contributed by atoms with Crippen molar-refractivity contribution in [3.05, 3.63) is 69.4 Å². The number of halogens is 1. The van der Waals surface area contributed by atoms with Gasteiger partial charge in [0, 0.05) is 39.8 Å². The second-order valence-corrected chi connectivity index (χ2v) is 7.39. The zero-order valence-corrected chi connectivity index (χ0v) is 14.4. The molecular formula is C15H10BrN3O4S. The van der Waals surface area contributed by atoms with Gasteiger partial charge in [0.1, 0.15) is 0 Å². The molecule has 0 aliphatic heterocycles. The summed E-state index contributed by atoms with van der Waals surface area (Å²) in [5, 5.41) is 12.0. The van der Waals surface area contributed by atoms with Gasteiger partial charge in [0.05, 0.1) is 15.5 Å². The fourth-order valence-electron chi connectivity index (χ4n) is 2.28. The highest BCUT2D eigenvalue weighted by Gasteiger charge is 2.20. The van der Waals surface area contributed by atoms with Gasteiger partial charge in [0.25, 0.3) is 15.7 Å². The first-order valence-electron chi connectivity index (χ1n) is 6.68. The van der Waals surface area contributed by atoms with Crippen LogP contribution >= 0.6 is 15.9 Å². The molecule has 0 atom stereocenters. The molecule has 24 heavy (non-hydrogen) atoms. The van der Waals surface area contributed by atoms with Crippen molar-refractivity contribution in [2.24, 2.45) is 0 Å². The Kier molecular flexibility index (Phi) is 4.20. The van der Waals surface area contributed by atoms with Gasteiger partial charge in [-0.05, 0) is 28.1 Å². The van der Waals surface area contributed by atoms with Gasteiger partial charge >= 0.3 is 0 Å². The zero-order valence-electron chi connectivity index (χ0n) is 12.0. The quantitative estimate of drug-likeness (QED) is 0.524. The summed E-state index contributed by atoms with van der Waals surface area (Å²) in [4.78, 5) is 14.3. The van der Waals surface area contributed by atoms with Gasteiger partial charge in [-0.2, -0.15) is 0 Å². The Morgan fingerprint density at radius 2 is 1.88 bits per heavy atom. The van der Waals surface area contributed by atoms with Crippen molar-refractivity contribution in [2.75, 3.05) is 4.72 Å². The van der Waals surface area contributed by atoms with Crippen LogP contribution in [0.15, 0.2) is 64.2 Å². The predicted octanol–water partition coefficient (Wildman–Crippen LogP) is 3.71. The Balaban J connectivity index is 2.09. The fraction of sp³-hybridized carbons (Fsp3) is 0. The van der Waals surface area contributed by atoms with Crippen molar-refractivity contribution < 1.29 is 13.3 Å². The molecule has 0 saturated heterocycles. The van der Waals surface area contributed by atoms with Crippen LogP contribution in [0.3, 0.4) is 0 Å². The molecule has 1 heterocycles. The number of rotatable bonds is 4. The molecule has 0 unspecified atom stereocenters. The monoisotopic (exact) mass is 407 g/mol. The van der Waals surface area contributed by atoms with E-state index in [9.17, 15) is 18.5 Å². The number of nitrogens with one attached hydrogen (secondary N) is 1. The van der Waals surface area contributed by atoms with Gasteiger partial charge in [-0.3, -0.25) is 19.8 Å². The maximum absolute atomic E-state index is 12.7. The van der Waals surface area contributed by atoms with E-state index >= 15 is 0 Å². The Morgan fingerprint density at radius 1 is 1.12 bits per heavy atom. The Bertz CT molecular complexity index is 1050. The summed E-state index contributed by atoms with van der Waals surface area (Å²) in [6, 6.07) is 10.1. The van der Waals surface area contributed by atoms with Gasteiger partial charge in [0.15, 0.2) is 0 Å². The molecule has 1 aromatic heterocycles. The first kappa shape index (κ1) is 16.3. The summed E-state index contributed by atoms with van der Waals surface area (Å²) in [6.45, 7) is 0. The number of sulfonamides is 1. The molecule has 3 rings (SSSR count). The molecule has 3 aromatic rings. The molecular weight excluding hydrogens is 398 g/mol. The van der Waals surface area contributed by atoms with Gasteiger partial charge in [-0.25, -0.2) is 8.42 Å². The van der Waals surface area contributed by atoms with Crippen LogP contribution in [0.4, 0.5) is 11.4 Å². The van der Waals surface area contributed by atoms with Crippen molar-refractivity contribution in [1.29, 1.82) is 0 Å². The van der Waals surface area contributed by atoms with E-state index in [1.54, 1.807) is 18.3 Å². The SMILES string of the molecule is O=[N+]([O-])c1cccc(NS(=O)(=O)c2cccc3cncc(Br)c23)c1. The van der Waals surface area contributed by atoms with Gasteiger partial charge in [0.2, 0.25) is 0 Å². The maximum Gasteiger partial charge on any atom is 0.271 e. The van der Waals surface area contributed by atoms with Crippen molar-refractivity contribution in [1.82, 2.24) is 4.98 Å². The Morgan fingerprint density at radius 3 is 2.62 bits per heavy atom. The van der Waals surface area contributed by atoms with Crippen LogP contribution in [0.25, 0.3) is 10.8 Å². The van der Waals surface area contributed by atoms with Crippen LogP contribution in [-0.4, -0.2) is 18.3 Å². The number of nitro benzene ring substituents is 1. The number of pyridine rings is 1. The molecule has 9 heteroatoms. The van der Waals surface area contributed by atoms with E-state index in [2.05, 4.69) is 25.6 Å². The molecule has 0 aliphatic rings. The largest absolute Gasteiger partial charge is 0.279 e. The predicted molar refractivity (Wildman–Crippen MR) is 93.3 cm³/mol. The van der Waals surface area contributed by atoms with E-state index in [4.69, 9.17) is 0 Å². The molecule has 0 fully saturated rings. The molecule has 0 aliphatic carbocycles. The number of hydrogen-bond donors (Lipinski definition) is 1. The zero-order chi connectivity index (χ0) is 17.3. The lowest BCUT2D eigenvalue weighted by Gasteiger charge is -2.11. The number of benzene rings is 2. The summed E-state index contributed by atoms with van der Waals surface area (Å²) in [5.41, 5.74) is -0.0788. The molecule has 122 valence electrons. The lowest BCUT2D eigenvalue weighted by molar-refractivity contribution is -0.384. The highest BCUT2D eigenvalue weighted by molar-refractivity contribution is 9.10. The molecule has 0 bridgehead atoms. The highest BCUT2D eigenvalue weighted by Crippen LogP contribution is 2.30. The fourth-order valence-corrected chi connectivity index (χ4v) is 4.27. The molecule has 1 N–H and O–H groups in total. The van der Waals surface area contributed by atoms with E-state index in [1.807, 2.05) is 0 Å². The number of aromatic nitrogens is 1. The number of nitrogens with zero attached hydrogens (tertiary/aromatic N) is 2. The van der Waals surface area contributed by atoms with E-state index in [0.717, 1.165) is 0 Å². The summed E-state index contributed by atoms with van der Waals surface area (Å²) < 4.78 is 28.4. The normalized spacial score (nSPS) is 11.4. The molecule has 7 nitrogen and oxygen atoms in total. The topological polar surface area (TPSA) is 102 Å². The Labute approximate surface area is 145 Å². The van der Waals surface area contributed by atoms with Crippen LogP contribution in [0.5, 0.6) is 0 Å². The second-order valence-electron chi connectivity index (χ2n) is 4.89. The first-order chi connectivity index (χ1) is 11.4. The van der Waals surface area contributed by atoms with Crippen LogP contribution in [0.1, 0.15) is 0 Å². The van der Waals surface area contributed by atoms with Crippen LogP contribution in [0.2, 0.25) is 0 Å². The van der Waals surface area contributed by atoms with Crippen molar-refractivity contribution in [3.8, 4) is 0 Å². The number of anilines is 1. The lowest BCUT2D eigenvalue weighted by atomic mass is 10.2. The average Bonchev–Trinajstić information content (AvgIpc) is 2.54. The summed E-state index contributed by atoms with van der Waals surface area (Å²) in [7, 11) is -3.94. The van der Waals surface area contributed by atoms with Crippen molar-refractivity contribution in [2.45, 2.75) is 4.90 Å². The lowest BCUT2D eigenvalue weighted by Crippen LogP contribution is -2.13. The number of fused-ring (bicyclic) bond motifs is 1. The summed E-state index contributed by atoms with van der Waals surface area (Å²) in [6.07, 6.45) is 3.07. The van der Waals surface area contributed by atoms with Crippen LogP contribution < -0.4 is 4.72 Å². The van der Waals surface area contributed by atoms with Crippen molar-refractivity contribution in [3.63, 3.8) is 0 Å². The maximum atomic E-state index is 12.7. The van der Waals surface area contributed by atoms with Gasteiger partial charge in [-0.15, -0.1) is 0 Å². The molecule has 0 amide bonds. The van der Waals surface area contributed by atoms with Crippen molar-refractivity contribution >= 4 is 48.1 Å². The highest BCUT2D eigenvalue weighted by atomic mass is 79.9. The van der Waals surface area contributed by atoms with Crippen LogP contribution in [0, 0.1) is 10.1 Å². The molecule has 0 saturated carbocycles. The minimum absolute atomic E-state index is 0.0563. The Hall–Kier alpha value is -2.52. The minimum Gasteiger partial charge on any atom is -0.279 e. The first-order valence-corrected chi connectivity index (χ1v) is 8.95. The smallest absolute Gasteiger partial charge is 0.271 e. The summed E-state index contributed by atoms with van der Waals surface area (Å²) in [5.74, 6) is 0. The van der Waals surface area contributed by atoms with Gasteiger partial charge < -0.3 is 0 Å². The van der Waals surface area contributed by atoms with Crippen LogP contribution in [-0.2, 0) is 10.0 Å². The third-order valence-electron chi connectivity index (χ3n) is 3.30. The molecule has 0 radical (unpaired) electrons. The standard InChI is InChI=1S/C15H10BrN3O4S/c16-13-9-17-8-10-3-1-6-14(15(10)13)24(22,23)18-11-4-2-5-12(7-11)19(20)21/h1-9,18H. The third-order valence-corrected chi connectivity index (χ3v) is 5.32. The molecule has 2 aromatic carbocycles. The number of nitro groups is 1. The second kappa shape index (κ2) is 6.17. The van der Waals surface area contributed by atoms with E-state index in [1.165, 1.54) is 36.5 Å². The number of hydrogen-bond acceptors (Lipinski definition) is 5.